The highest BCUT2D eigenvalue weighted by molar-refractivity contribution is 5.97. The number of halogens is 1. The Morgan fingerprint density at radius 2 is 1.50 bits per heavy atom. The Bertz CT molecular complexity index is 718. The Kier molecular flexibility index (Phi) is 5.49. The van der Waals surface area contributed by atoms with E-state index in [4.69, 9.17) is 16.6 Å². The van der Waals surface area contributed by atoms with Crippen LogP contribution in [0, 0.1) is 0 Å². The third-order valence-corrected chi connectivity index (χ3v) is 2.58. The fourth-order valence-corrected chi connectivity index (χ4v) is 1.72. The van der Waals surface area contributed by atoms with Gasteiger partial charge in [-0.2, -0.15) is 0 Å². The number of para-hydroxylation sites is 2. The minimum atomic E-state index is 0. The summed E-state index contributed by atoms with van der Waals surface area (Å²) in [6.07, 6.45) is 0. The molecule has 0 unspecified atom stereocenters. The molecule has 106 valence electrons. The van der Waals surface area contributed by atoms with Crippen LogP contribution in [0.1, 0.15) is 6.92 Å². The highest BCUT2D eigenvalue weighted by Gasteiger charge is 2.06. The summed E-state index contributed by atoms with van der Waals surface area (Å²) in [5.41, 5.74) is 15.8. The Morgan fingerprint density at radius 3 is 2.10 bits per heavy atom. The zero-order valence-corrected chi connectivity index (χ0v) is 11.9. The first-order valence-electron chi connectivity index (χ1n) is 5.98. The number of hydrogen-bond donors (Lipinski definition) is 3. The fraction of sp³-hybridized carbons (Fsp3) is 0.143. The SMILES string of the molecule is CCO.Cl.Nc1ccc2nc3ccccc3nc2c1N. The van der Waals surface area contributed by atoms with Crippen molar-refractivity contribution in [2.45, 2.75) is 6.92 Å². The fourth-order valence-electron chi connectivity index (χ4n) is 1.72. The minimum absolute atomic E-state index is 0. The molecule has 5 N–H and O–H groups in total. The molecule has 0 aliphatic carbocycles. The Hall–Kier alpha value is -2.11. The van der Waals surface area contributed by atoms with Gasteiger partial charge in [-0.3, -0.25) is 0 Å². The van der Waals surface area contributed by atoms with Gasteiger partial charge in [0.1, 0.15) is 5.52 Å². The zero-order chi connectivity index (χ0) is 13.8. The van der Waals surface area contributed by atoms with Gasteiger partial charge in [0.25, 0.3) is 0 Å². The number of aliphatic hydroxyl groups is 1. The van der Waals surface area contributed by atoms with E-state index in [9.17, 15) is 0 Å². The molecule has 0 saturated heterocycles. The Labute approximate surface area is 123 Å². The highest BCUT2D eigenvalue weighted by Crippen LogP contribution is 2.25. The van der Waals surface area contributed by atoms with Gasteiger partial charge in [-0.1, -0.05) is 12.1 Å². The third-order valence-electron chi connectivity index (χ3n) is 2.58. The predicted molar refractivity (Wildman–Crippen MR) is 85.9 cm³/mol. The van der Waals surface area contributed by atoms with Crippen molar-refractivity contribution in [1.82, 2.24) is 9.97 Å². The average molecular weight is 293 g/mol. The maximum Gasteiger partial charge on any atom is 0.114 e. The van der Waals surface area contributed by atoms with Crippen LogP contribution in [0.5, 0.6) is 0 Å². The van der Waals surface area contributed by atoms with E-state index < -0.39 is 0 Å². The summed E-state index contributed by atoms with van der Waals surface area (Å²) in [5.74, 6) is 0. The van der Waals surface area contributed by atoms with Crippen molar-refractivity contribution in [3.8, 4) is 0 Å². The number of nitrogens with zero attached hydrogens (tertiary/aromatic N) is 2. The molecule has 0 spiro atoms. The van der Waals surface area contributed by atoms with Gasteiger partial charge in [-0.05, 0) is 31.2 Å². The van der Waals surface area contributed by atoms with Crippen LogP contribution in [0.3, 0.4) is 0 Å². The van der Waals surface area contributed by atoms with Crippen LogP contribution < -0.4 is 11.5 Å². The minimum Gasteiger partial charge on any atom is -0.397 e. The lowest BCUT2D eigenvalue weighted by Gasteiger charge is -2.05. The van der Waals surface area contributed by atoms with Gasteiger partial charge >= 0.3 is 0 Å². The summed E-state index contributed by atoms with van der Waals surface area (Å²) in [6, 6.07) is 11.3. The molecule has 3 rings (SSSR count). The molecule has 20 heavy (non-hydrogen) atoms. The number of fused-ring (bicyclic) bond motifs is 2. The molecule has 3 aromatic rings. The molecule has 0 fully saturated rings. The smallest absolute Gasteiger partial charge is 0.114 e. The zero-order valence-electron chi connectivity index (χ0n) is 11.1. The van der Waals surface area contributed by atoms with Crippen molar-refractivity contribution >= 4 is 45.8 Å². The molecule has 0 bridgehead atoms. The van der Waals surface area contributed by atoms with E-state index in [1.165, 1.54) is 0 Å². The first-order valence-corrected chi connectivity index (χ1v) is 5.98. The maximum absolute atomic E-state index is 7.57. The van der Waals surface area contributed by atoms with Gasteiger partial charge in [0.2, 0.25) is 0 Å². The van der Waals surface area contributed by atoms with Crippen LogP contribution in [0.4, 0.5) is 11.4 Å². The first-order chi connectivity index (χ1) is 9.17. The molecule has 0 saturated carbocycles. The Morgan fingerprint density at radius 1 is 0.950 bits per heavy atom. The van der Waals surface area contributed by atoms with E-state index in [0.717, 1.165) is 16.6 Å². The molecular weight excluding hydrogens is 276 g/mol. The molecule has 0 aliphatic rings. The molecule has 5 nitrogen and oxygen atoms in total. The van der Waals surface area contributed by atoms with Gasteiger partial charge in [0.05, 0.1) is 27.9 Å². The normalized spacial score (nSPS) is 9.70. The standard InChI is InChI=1S/C12H10N4.C2H6O.ClH/c13-7-5-6-10-12(11(7)14)16-9-4-2-1-3-8(9)15-10;1-2-3;/h1-6H,13-14H2;3H,2H2,1H3;1H. The predicted octanol–water partition coefficient (Wildman–Crippen LogP) is 2.37. The molecule has 1 heterocycles. The van der Waals surface area contributed by atoms with Crippen molar-refractivity contribution in [3.63, 3.8) is 0 Å². The lowest BCUT2D eigenvalue weighted by atomic mass is 10.2. The summed E-state index contributed by atoms with van der Waals surface area (Å²) in [7, 11) is 0. The van der Waals surface area contributed by atoms with E-state index in [1.54, 1.807) is 13.0 Å². The third kappa shape index (κ3) is 3.07. The summed E-state index contributed by atoms with van der Waals surface area (Å²) >= 11 is 0. The largest absolute Gasteiger partial charge is 0.397 e. The van der Waals surface area contributed by atoms with E-state index in [-0.39, 0.29) is 19.0 Å². The topological polar surface area (TPSA) is 98.0 Å². The molecule has 6 heteroatoms. The number of nitrogens with two attached hydrogens (primary N) is 2. The summed E-state index contributed by atoms with van der Waals surface area (Å²) in [5, 5.41) is 7.57. The van der Waals surface area contributed by atoms with E-state index in [2.05, 4.69) is 9.97 Å². The molecule has 0 radical (unpaired) electrons. The quantitative estimate of drug-likeness (QED) is 0.436. The van der Waals surface area contributed by atoms with Crippen molar-refractivity contribution in [2.24, 2.45) is 0 Å². The van der Waals surface area contributed by atoms with Crippen LogP contribution in [0.15, 0.2) is 36.4 Å². The molecular formula is C14H17ClN4O. The number of rotatable bonds is 0. The van der Waals surface area contributed by atoms with Crippen molar-refractivity contribution in [1.29, 1.82) is 0 Å². The molecule has 0 aliphatic heterocycles. The summed E-state index contributed by atoms with van der Waals surface area (Å²) in [4.78, 5) is 8.95. The van der Waals surface area contributed by atoms with Crippen LogP contribution in [0.2, 0.25) is 0 Å². The number of aliphatic hydroxyl groups excluding tert-OH is 1. The molecule has 1 aromatic heterocycles. The van der Waals surface area contributed by atoms with Crippen molar-refractivity contribution < 1.29 is 5.11 Å². The van der Waals surface area contributed by atoms with Gasteiger partial charge in [-0.15, -0.1) is 12.4 Å². The van der Waals surface area contributed by atoms with Crippen LogP contribution in [-0.4, -0.2) is 21.7 Å². The van der Waals surface area contributed by atoms with Gasteiger partial charge in [0, 0.05) is 6.61 Å². The van der Waals surface area contributed by atoms with Gasteiger partial charge in [0.15, 0.2) is 0 Å². The number of nitrogen functional groups attached to an aromatic ring is 2. The molecule has 0 amide bonds. The Balaban J connectivity index is 0.000000462. The highest BCUT2D eigenvalue weighted by atomic mass is 35.5. The molecule has 2 aromatic carbocycles. The maximum atomic E-state index is 7.57. The molecule has 0 atom stereocenters. The van der Waals surface area contributed by atoms with E-state index >= 15 is 0 Å². The van der Waals surface area contributed by atoms with Crippen molar-refractivity contribution in [3.05, 3.63) is 36.4 Å². The monoisotopic (exact) mass is 292 g/mol. The number of benzene rings is 2. The summed E-state index contributed by atoms with van der Waals surface area (Å²) < 4.78 is 0. The first kappa shape index (κ1) is 15.9. The van der Waals surface area contributed by atoms with Crippen molar-refractivity contribution in [2.75, 3.05) is 18.1 Å². The average Bonchev–Trinajstić information content (AvgIpc) is 2.42. The number of anilines is 2. The second-order valence-corrected chi connectivity index (χ2v) is 3.96. The van der Waals surface area contributed by atoms with Crippen LogP contribution in [0.25, 0.3) is 22.1 Å². The second-order valence-electron chi connectivity index (χ2n) is 3.96. The van der Waals surface area contributed by atoms with Gasteiger partial charge in [-0.25, -0.2) is 9.97 Å². The number of hydrogen-bond acceptors (Lipinski definition) is 5. The van der Waals surface area contributed by atoms with Crippen LogP contribution in [-0.2, 0) is 0 Å². The van der Waals surface area contributed by atoms with Gasteiger partial charge < -0.3 is 16.6 Å². The van der Waals surface area contributed by atoms with Crippen LogP contribution >= 0.6 is 12.4 Å². The van der Waals surface area contributed by atoms with E-state index in [0.29, 0.717) is 16.9 Å². The number of aromatic nitrogens is 2. The lowest BCUT2D eigenvalue weighted by molar-refractivity contribution is 0.318. The van der Waals surface area contributed by atoms with E-state index in [1.807, 2.05) is 30.3 Å². The summed E-state index contributed by atoms with van der Waals surface area (Å²) in [6.45, 7) is 1.93. The lowest BCUT2D eigenvalue weighted by Crippen LogP contribution is -1.98. The second kappa shape index (κ2) is 6.88.